The average molecular weight is 239 g/mol. The second-order valence-corrected chi connectivity index (χ2v) is 5.30. The molecule has 2 unspecified atom stereocenters. The number of methoxy groups -OCH3 is 1. The minimum Gasteiger partial charge on any atom is -0.384 e. The van der Waals surface area contributed by atoms with Crippen molar-refractivity contribution in [1.29, 1.82) is 0 Å². The first-order chi connectivity index (χ1) is 7.65. The number of hydrogen-bond donors (Lipinski definition) is 1. The van der Waals surface area contributed by atoms with Crippen molar-refractivity contribution in [2.75, 3.05) is 19.5 Å². The molecule has 3 heteroatoms. The van der Waals surface area contributed by atoms with Crippen molar-refractivity contribution in [3.8, 4) is 0 Å². The van der Waals surface area contributed by atoms with Gasteiger partial charge in [-0.15, -0.1) is 11.8 Å². The molecule has 0 heterocycles. The van der Waals surface area contributed by atoms with Crippen LogP contribution in [0.25, 0.3) is 0 Å². The van der Waals surface area contributed by atoms with Crippen LogP contribution in [-0.2, 0) is 4.74 Å². The van der Waals surface area contributed by atoms with Crippen LogP contribution in [0.15, 0.2) is 24.3 Å². The van der Waals surface area contributed by atoms with Crippen LogP contribution in [0.2, 0.25) is 0 Å². The maximum absolute atomic E-state index is 6.03. The molecule has 0 aliphatic rings. The maximum atomic E-state index is 6.03. The number of hydrogen-bond acceptors (Lipinski definition) is 3. The Bertz CT molecular complexity index is 297. The van der Waals surface area contributed by atoms with Gasteiger partial charge in [0.1, 0.15) is 0 Å². The highest BCUT2D eigenvalue weighted by atomic mass is 32.2. The molecule has 16 heavy (non-hydrogen) atoms. The van der Waals surface area contributed by atoms with Gasteiger partial charge in [-0.1, -0.05) is 29.8 Å². The predicted octanol–water partition coefficient (Wildman–Crippen LogP) is 2.76. The van der Waals surface area contributed by atoms with E-state index in [1.807, 2.05) is 11.8 Å². The smallest absolute Gasteiger partial charge is 0.0553 e. The van der Waals surface area contributed by atoms with Crippen LogP contribution in [0.4, 0.5) is 0 Å². The summed E-state index contributed by atoms with van der Waals surface area (Å²) in [6.07, 6.45) is 0. The van der Waals surface area contributed by atoms with Crippen molar-refractivity contribution in [3.05, 3.63) is 35.4 Å². The second-order valence-electron chi connectivity index (χ2n) is 4.05. The van der Waals surface area contributed by atoms with Crippen LogP contribution >= 0.6 is 11.8 Å². The van der Waals surface area contributed by atoms with E-state index in [0.29, 0.717) is 5.25 Å². The zero-order valence-corrected chi connectivity index (χ0v) is 11.1. The molecule has 2 N–H and O–H groups in total. The molecule has 0 saturated heterocycles. The van der Waals surface area contributed by atoms with E-state index in [-0.39, 0.29) is 6.04 Å². The topological polar surface area (TPSA) is 35.2 Å². The van der Waals surface area contributed by atoms with Gasteiger partial charge in [0, 0.05) is 24.2 Å². The molecular formula is C13H21NOS. The summed E-state index contributed by atoms with van der Waals surface area (Å²) in [6, 6.07) is 8.78. The summed E-state index contributed by atoms with van der Waals surface area (Å²) < 4.78 is 5.07. The van der Waals surface area contributed by atoms with Gasteiger partial charge in [0.25, 0.3) is 0 Å². The lowest BCUT2D eigenvalue weighted by molar-refractivity contribution is 0.218. The standard InChI is InChI=1S/C13H21NOS/c1-10-4-6-12(7-5-10)13(11(2)14)16-9-8-15-3/h4-7,11,13H,8-9,14H2,1-3H3. The quantitative estimate of drug-likeness (QED) is 0.775. The van der Waals surface area contributed by atoms with E-state index in [0.717, 1.165) is 12.4 Å². The monoisotopic (exact) mass is 239 g/mol. The number of benzene rings is 1. The Labute approximate surface area is 103 Å². The first-order valence-corrected chi connectivity index (χ1v) is 6.62. The molecule has 1 aromatic rings. The third-order valence-electron chi connectivity index (χ3n) is 2.47. The third kappa shape index (κ3) is 4.16. The predicted molar refractivity (Wildman–Crippen MR) is 71.9 cm³/mol. The molecule has 0 fully saturated rings. The van der Waals surface area contributed by atoms with Gasteiger partial charge >= 0.3 is 0 Å². The molecule has 0 aliphatic heterocycles. The molecule has 2 atom stereocenters. The van der Waals surface area contributed by atoms with Crippen molar-refractivity contribution >= 4 is 11.8 Å². The van der Waals surface area contributed by atoms with Gasteiger partial charge in [0.2, 0.25) is 0 Å². The molecule has 1 aromatic carbocycles. The van der Waals surface area contributed by atoms with E-state index in [4.69, 9.17) is 10.5 Å². The molecule has 90 valence electrons. The molecule has 0 amide bonds. The fourth-order valence-electron chi connectivity index (χ4n) is 1.57. The van der Waals surface area contributed by atoms with E-state index in [1.54, 1.807) is 7.11 Å². The summed E-state index contributed by atoms with van der Waals surface area (Å²) in [7, 11) is 1.73. The number of aryl methyl sites for hydroxylation is 1. The number of thioether (sulfide) groups is 1. The van der Waals surface area contributed by atoms with E-state index in [2.05, 4.69) is 38.1 Å². The first kappa shape index (κ1) is 13.6. The molecule has 0 radical (unpaired) electrons. The minimum atomic E-state index is 0.157. The van der Waals surface area contributed by atoms with Gasteiger partial charge in [0.05, 0.1) is 6.61 Å². The summed E-state index contributed by atoms with van der Waals surface area (Å²) in [5, 5.41) is 0.357. The Morgan fingerprint density at radius 3 is 2.44 bits per heavy atom. The highest BCUT2D eigenvalue weighted by molar-refractivity contribution is 7.99. The third-order valence-corrected chi connectivity index (χ3v) is 3.93. The molecule has 0 aromatic heterocycles. The zero-order valence-electron chi connectivity index (χ0n) is 10.3. The largest absolute Gasteiger partial charge is 0.384 e. The van der Waals surface area contributed by atoms with E-state index >= 15 is 0 Å². The Balaban J connectivity index is 2.65. The van der Waals surface area contributed by atoms with Crippen molar-refractivity contribution in [3.63, 3.8) is 0 Å². The Kier molecular flexibility index (Phi) is 5.88. The van der Waals surface area contributed by atoms with Gasteiger partial charge in [-0.05, 0) is 19.4 Å². The summed E-state index contributed by atoms with van der Waals surface area (Å²) in [6.45, 7) is 4.94. The molecule has 0 saturated carbocycles. The number of nitrogens with two attached hydrogens (primary N) is 1. The van der Waals surface area contributed by atoms with Gasteiger partial charge < -0.3 is 10.5 Å². The van der Waals surface area contributed by atoms with Crippen LogP contribution in [0, 0.1) is 6.92 Å². The first-order valence-electron chi connectivity index (χ1n) is 5.58. The Morgan fingerprint density at radius 1 is 1.31 bits per heavy atom. The lowest BCUT2D eigenvalue weighted by Gasteiger charge is -2.20. The average Bonchev–Trinajstić information content (AvgIpc) is 2.26. The van der Waals surface area contributed by atoms with Crippen molar-refractivity contribution in [2.24, 2.45) is 5.73 Å². The fourth-order valence-corrected chi connectivity index (χ4v) is 2.74. The highest BCUT2D eigenvalue weighted by Crippen LogP contribution is 2.31. The van der Waals surface area contributed by atoms with Crippen LogP contribution in [0.3, 0.4) is 0 Å². The van der Waals surface area contributed by atoms with Crippen LogP contribution < -0.4 is 5.73 Å². The van der Waals surface area contributed by atoms with Gasteiger partial charge in [0.15, 0.2) is 0 Å². The lowest BCUT2D eigenvalue weighted by Crippen LogP contribution is -2.23. The Morgan fingerprint density at radius 2 is 1.94 bits per heavy atom. The number of ether oxygens (including phenoxy) is 1. The molecule has 0 bridgehead atoms. The highest BCUT2D eigenvalue weighted by Gasteiger charge is 2.16. The maximum Gasteiger partial charge on any atom is 0.0553 e. The van der Waals surface area contributed by atoms with Crippen molar-refractivity contribution in [1.82, 2.24) is 0 Å². The van der Waals surface area contributed by atoms with Gasteiger partial charge in [-0.3, -0.25) is 0 Å². The second kappa shape index (κ2) is 6.94. The fraction of sp³-hybridized carbons (Fsp3) is 0.538. The molecule has 0 aliphatic carbocycles. The molecule has 2 nitrogen and oxygen atoms in total. The van der Waals surface area contributed by atoms with E-state index in [1.165, 1.54) is 11.1 Å². The van der Waals surface area contributed by atoms with Gasteiger partial charge in [-0.25, -0.2) is 0 Å². The van der Waals surface area contributed by atoms with E-state index in [9.17, 15) is 0 Å². The van der Waals surface area contributed by atoms with Crippen LogP contribution in [0.1, 0.15) is 23.3 Å². The van der Waals surface area contributed by atoms with Crippen molar-refractivity contribution < 1.29 is 4.74 Å². The summed E-state index contributed by atoms with van der Waals surface area (Å²) in [5.74, 6) is 0.983. The Hall–Kier alpha value is -0.510. The minimum absolute atomic E-state index is 0.157. The summed E-state index contributed by atoms with van der Waals surface area (Å²) >= 11 is 1.86. The van der Waals surface area contributed by atoms with Gasteiger partial charge in [-0.2, -0.15) is 0 Å². The van der Waals surface area contributed by atoms with Crippen LogP contribution in [-0.4, -0.2) is 25.5 Å². The lowest BCUT2D eigenvalue weighted by atomic mass is 10.1. The zero-order chi connectivity index (χ0) is 12.0. The summed E-state index contributed by atoms with van der Waals surface area (Å²) in [5.41, 5.74) is 8.62. The molecule has 1 rings (SSSR count). The molecular weight excluding hydrogens is 218 g/mol. The normalized spacial score (nSPS) is 14.8. The summed E-state index contributed by atoms with van der Waals surface area (Å²) in [4.78, 5) is 0. The molecule has 0 spiro atoms. The number of rotatable bonds is 6. The van der Waals surface area contributed by atoms with Crippen LogP contribution in [0.5, 0.6) is 0 Å². The van der Waals surface area contributed by atoms with Crippen molar-refractivity contribution in [2.45, 2.75) is 25.1 Å². The SMILES string of the molecule is COCCSC(c1ccc(C)cc1)C(C)N. The van der Waals surface area contributed by atoms with E-state index < -0.39 is 0 Å².